The number of hydrogen-bond acceptors (Lipinski definition) is 7. The predicted molar refractivity (Wildman–Crippen MR) is 110 cm³/mol. The molecule has 0 saturated carbocycles. The lowest BCUT2D eigenvalue weighted by atomic mass is 10.1. The Kier molecular flexibility index (Phi) is 7.15. The molecule has 0 radical (unpaired) electrons. The minimum atomic E-state index is -0.673. The van der Waals surface area contributed by atoms with Crippen LogP contribution in [0.15, 0.2) is 41.5 Å². The van der Waals surface area contributed by atoms with Gasteiger partial charge in [0.15, 0.2) is 0 Å². The lowest BCUT2D eigenvalue weighted by Crippen LogP contribution is -2.21. The second-order valence-electron chi connectivity index (χ2n) is 6.19. The van der Waals surface area contributed by atoms with Crippen LogP contribution in [0.25, 0.3) is 0 Å². The number of aryl methyl sites for hydroxylation is 1. The highest BCUT2D eigenvalue weighted by molar-refractivity contribution is 6.33. The summed E-state index contributed by atoms with van der Waals surface area (Å²) >= 11 is 5.77. The van der Waals surface area contributed by atoms with Gasteiger partial charge in [0, 0.05) is 29.5 Å². The molecule has 2 aromatic rings. The quantitative estimate of drug-likeness (QED) is 0.385. The van der Waals surface area contributed by atoms with Crippen molar-refractivity contribution in [1.82, 2.24) is 5.43 Å². The Morgan fingerprint density at radius 1 is 1.10 bits per heavy atom. The number of hydrogen-bond donors (Lipinski definition) is 2. The SMILES string of the molecule is C/C(CC(=O)Nc1cc([N+](=O)[O-])ccc1C)=N\NC(=O)c1ccc([N+](=O)[O-])c(Cl)c1. The Balaban J connectivity index is 2.00. The summed E-state index contributed by atoms with van der Waals surface area (Å²) in [7, 11) is 0. The van der Waals surface area contributed by atoms with Crippen LogP contribution in [-0.2, 0) is 4.79 Å². The molecule has 30 heavy (non-hydrogen) atoms. The van der Waals surface area contributed by atoms with Gasteiger partial charge in [-0.2, -0.15) is 5.10 Å². The van der Waals surface area contributed by atoms with Crippen molar-refractivity contribution in [3.05, 3.63) is 72.8 Å². The Morgan fingerprint density at radius 2 is 1.80 bits per heavy atom. The lowest BCUT2D eigenvalue weighted by molar-refractivity contribution is -0.384. The Bertz CT molecular complexity index is 1070. The molecule has 0 bridgehead atoms. The lowest BCUT2D eigenvalue weighted by Gasteiger charge is -2.08. The van der Waals surface area contributed by atoms with Crippen LogP contribution in [0.2, 0.25) is 5.02 Å². The third kappa shape index (κ3) is 5.82. The van der Waals surface area contributed by atoms with Gasteiger partial charge in [-0.3, -0.25) is 29.8 Å². The number of carbonyl (C=O) groups is 2. The number of amides is 2. The molecule has 2 amide bonds. The smallest absolute Gasteiger partial charge is 0.287 e. The molecule has 0 spiro atoms. The second kappa shape index (κ2) is 9.56. The molecule has 0 saturated heterocycles. The first-order chi connectivity index (χ1) is 14.1. The van der Waals surface area contributed by atoms with Crippen molar-refractivity contribution < 1.29 is 19.4 Å². The normalized spacial score (nSPS) is 11.0. The van der Waals surface area contributed by atoms with E-state index in [1.165, 1.54) is 31.2 Å². The van der Waals surface area contributed by atoms with E-state index in [9.17, 15) is 29.8 Å². The summed E-state index contributed by atoms with van der Waals surface area (Å²) in [5.74, 6) is -1.14. The van der Waals surface area contributed by atoms with E-state index in [1.807, 2.05) is 0 Å². The second-order valence-corrected chi connectivity index (χ2v) is 6.60. The van der Waals surface area contributed by atoms with Gasteiger partial charge in [-0.1, -0.05) is 17.7 Å². The van der Waals surface area contributed by atoms with Crippen molar-refractivity contribution in [3.63, 3.8) is 0 Å². The molecular formula is C18H16ClN5O6. The van der Waals surface area contributed by atoms with E-state index in [1.54, 1.807) is 6.92 Å². The molecule has 156 valence electrons. The van der Waals surface area contributed by atoms with Gasteiger partial charge in [0.05, 0.1) is 22.0 Å². The van der Waals surface area contributed by atoms with Gasteiger partial charge in [-0.05, 0) is 31.5 Å². The minimum absolute atomic E-state index is 0.0545. The zero-order valence-electron chi connectivity index (χ0n) is 15.8. The van der Waals surface area contributed by atoms with E-state index >= 15 is 0 Å². The predicted octanol–water partition coefficient (Wildman–Crippen LogP) is 3.60. The van der Waals surface area contributed by atoms with Crippen molar-refractivity contribution in [1.29, 1.82) is 0 Å². The third-order valence-electron chi connectivity index (χ3n) is 3.88. The number of nitro groups is 2. The summed E-state index contributed by atoms with van der Waals surface area (Å²) in [6, 6.07) is 7.56. The highest BCUT2D eigenvalue weighted by Crippen LogP contribution is 2.25. The molecule has 2 N–H and O–H groups in total. The average Bonchev–Trinajstić information content (AvgIpc) is 2.67. The summed E-state index contributed by atoms with van der Waals surface area (Å²) in [6.45, 7) is 3.19. The van der Waals surface area contributed by atoms with Crippen molar-refractivity contribution in [2.75, 3.05) is 5.32 Å². The minimum Gasteiger partial charge on any atom is -0.325 e. The van der Waals surface area contributed by atoms with Crippen molar-refractivity contribution in [2.45, 2.75) is 20.3 Å². The van der Waals surface area contributed by atoms with E-state index in [0.717, 1.165) is 12.1 Å². The fourth-order valence-electron chi connectivity index (χ4n) is 2.33. The molecule has 0 unspecified atom stereocenters. The van der Waals surface area contributed by atoms with Gasteiger partial charge >= 0.3 is 0 Å². The Labute approximate surface area is 175 Å². The Hall–Kier alpha value is -3.86. The number of non-ortho nitro benzene ring substituents is 1. The number of halogens is 1. The first-order valence-electron chi connectivity index (χ1n) is 8.41. The highest BCUT2D eigenvalue weighted by Gasteiger charge is 2.16. The van der Waals surface area contributed by atoms with Crippen LogP contribution in [0.4, 0.5) is 17.1 Å². The number of benzene rings is 2. The molecule has 0 aliphatic rings. The van der Waals surface area contributed by atoms with Gasteiger partial charge in [0.1, 0.15) is 5.02 Å². The van der Waals surface area contributed by atoms with E-state index in [2.05, 4.69) is 15.8 Å². The topological polar surface area (TPSA) is 157 Å². The van der Waals surface area contributed by atoms with Crippen molar-refractivity contribution >= 4 is 46.2 Å². The fourth-order valence-corrected chi connectivity index (χ4v) is 2.58. The summed E-state index contributed by atoms with van der Waals surface area (Å²) < 4.78 is 0. The number of rotatable bonds is 7. The van der Waals surface area contributed by atoms with Crippen LogP contribution in [0.3, 0.4) is 0 Å². The van der Waals surface area contributed by atoms with Crippen molar-refractivity contribution in [3.8, 4) is 0 Å². The number of nitrogens with one attached hydrogen (secondary N) is 2. The maximum atomic E-state index is 12.2. The van der Waals surface area contributed by atoms with E-state index < -0.39 is 21.7 Å². The summed E-state index contributed by atoms with van der Waals surface area (Å²) in [5.41, 5.74) is 3.00. The first kappa shape index (κ1) is 22.4. The first-order valence-corrected chi connectivity index (χ1v) is 8.78. The zero-order valence-corrected chi connectivity index (χ0v) is 16.6. The monoisotopic (exact) mass is 433 g/mol. The molecule has 11 nitrogen and oxygen atoms in total. The summed E-state index contributed by atoms with van der Waals surface area (Å²) in [4.78, 5) is 44.6. The van der Waals surface area contributed by atoms with Gasteiger partial charge in [-0.15, -0.1) is 0 Å². The van der Waals surface area contributed by atoms with E-state index in [-0.39, 0.29) is 34.1 Å². The van der Waals surface area contributed by atoms with Crippen LogP contribution in [0, 0.1) is 27.2 Å². The maximum Gasteiger partial charge on any atom is 0.287 e. The number of hydrazone groups is 1. The number of carbonyl (C=O) groups excluding carboxylic acids is 2. The number of anilines is 1. The molecule has 12 heteroatoms. The van der Waals surface area contributed by atoms with Gasteiger partial charge in [-0.25, -0.2) is 5.43 Å². The number of nitrogens with zero attached hydrogens (tertiary/aromatic N) is 3. The van der Waals surface area contributed by atoms with E-state index in [4.69, 9.17) is 11.6 Å². The third-order valence-corrected chi connectivity index (χ3v) is 4.18. The van der Waals surface area contributed by atoms with Gasteiger partial charge < -0.3 is 5.32 Å². The van der Waals surface area contributed by atoms with Crippen molar-refractivity contribution in [2.24, 2.45) is 5.10 Å². The molecule has 0 aliphatic heterocycles. The van der Waals surface area contributed by atoms with Gasteiger partial charge in [0.2, 0.25) is 5.91 Å². The largest absolute Gasteiger partial charge is 0.325 e. The molecule has 0 aromatic heterocycles. The molecule has 0 aliphatic carbocycles. The van der Waals surface area contributed by atoms with Crippen LogP contribution in [-0.4, -0.2) is 27.4 Å². The molecule has 2 rings (SSSR count). The highest BCUT2D eigenvalue weighted by atomic mass is 35.5. The van der Waals surface area contributed by atoms with Gasteiger partial charge in [0.25, 0.3) is 17.3 Å². The standard InChI is InChI=1S/C18H16ClN5O6/c1-10-3-5-13(23(27)28)9-15(10)20-17(25)7-11(2)21-22-18(26)12-4-6-16(24(29)30)14(19)8-12/h3-6,8-9H,7H2,1-2H3,(H,20,25)(H,22,26)/b21-11+. The zero-order chi connectivity index (χ0) is 22.4. The molecule has 0 heterocycles. The summed E-state index contributed by atoms with van der Waals surface area (Å²) in [5, 5.41) is 27.8. The summed E-state index contributed by atoms with van der Waals surface area (Å²) in [6.07, 6.45) is -0.177. The molecular weight excluding hydrogens is 418 g/mol. The van der Waals surface area contributed by atoms with Crippen LogP contribution >= 0.6 is 11.6 Å². The fraction of sp³-hybridized carbons (Fsp3) is 0.167. The number of nitro benzene ring substituents is 2. The average molecular weight is 434 g/mol. The maximum absolute atomic E-state index is 12.2. The molecule has 0 fully saturated rings. The Morgan fingerprint density at radius 3 is 2.40 bits per heavy atom. The molecule has 0 atom stereocenters. The van der Waals surface area contributed by atoms with E-state index in [0.29, 0.717) is 11.3 Å². The van der Waals surface area contributed by atoms with Crippen LogP contribution in [0.1, 0.15) is 29.3 Å². The molecule has 2 aromatic carbocycles. The van der Waals surface area contributed by atoms with Crippen LogP contribution < -0.4 is 10.7 Å². The van der Waals surface area contributed by atoms with Crippen LogP contribution in [0.5, 0.6) is 0 Å².